The van der Waals surface area contributed by atoms with Gasteiger partial charge in [0.15, 0.2) is 11.5 Å². The summed E-state index contributed by atoms with van der Waals surface area (Å²) >= 11 is 3.44. The number of carbonyl (C=O) groups is 2. The molecule has 7 heteroatoms. The number of cyclic esters (lactones) is 1. The molecule has 0 N–H and O–H groups in total. The number of amides is 1. The van der Waals surface area contributed by atoms with Gasteiger partial charge in [0, 0.05) is 30.3 Å². The first-order valence-corrected chi connectivity index (χ1v) is 10.4. The molecule has 27 heavy (non-hydrogen) atoms. The molecule has 0 radical (unpaired) electrons. The molecule has 2 aliphatic rings. The van der Waals surface area contributed by atoms with E-state index >= 15 is 0 Å². The molecule has 1 amide bonds. The molecule has 1 aromatic rings. The predicted molar refractivity (Wildman–Crippen MR) is 104 cm³/mol. The minimum absolute atomic E-state index is 0.0392. The minimum atomic E-state index is -0.148. The molecule has 6 nitrogen and oxygen atoms in total. The average molecular weight is 440 g/mol. The van der Waals surface area contributed by atoms with Crippen LogP contribution in [-0.4, -0.2) is 48.5 Å². The molecule has 1 aromatic carbocycles. The number of esters is 1. The number of likely N-dealkylation sites (tertiary alicyclic amines) is 1. The number of hydrogen-bond donors (Lipinski definition) is 0. The molecule has 0 aromatic heterocycles. The first-order chi connectivity index (χ1) is 13.1. The van der Waals surface area contributed by atoms with E-state index < -0.39 is 0 Å². The van der Waals surface area contributed by atoms with E-state index in [9.17, 15) is 9.59 Å². The monoisotopic (exact) mass is 439 g/mol. The van der Waals surface area contributed by atoms with Gasteiger partial charge in [0.05, 0.1) is 20.6 Å². The normalized spacial score (nSPS) is 25.0. The average Bonchev–Trinajstić information content (AvgIpc) is 3.22. The van der Waals surface area contributed by atoms with Crippen LogP contribution >= 0.6 is 15.9 Å². The summed E-state index contributed by atoms with van der Waals surface area (Å²) in [6.07, 6.45) is 3.37. The Morgan fingerprint density at radius 1 is 1.22 bits per heavy atom. The quantitative estimate of drug-likeness (QED) is 0.459. The number of methoxy groups -OCH3 is 2. The van der Waals surface area contributed by atoms with Gasteiger partial charge in [0.2, 0.25) is 5.91 Å². The van der Waals surface area contributed by atoms with Crippen molar-refractivity contribution in [1.29, 1.82) is 0 Å². The lowest BCUT2D eigenvalue weighted by molar-refractivity contribution is -0.141. The SMILES string of the molecule is COc1ccc(CN2C(=O)CC[C@H]2[C@H]2CC(=O)O[C@@H]2CCCBr)cc1OC. The van der Waals surface area contributed by atoms with E-state index in [4.69, 9.17) is 14.2 Å². The van der Waals surface area contributed by atoms with Crippen molar-refractivity contribution in [3.05, 3.63) is 23.8 Å². The van der Waals surface area contributed by atoms with E-state index in [1.165, 1.54) is 0 Å². The molecule has 0 saturated carbocycles. The van der Waals surface area contributed by atoms with Gasteiger partial charge in [-0.25, -0.2) is 0 Å². The zero-order valence-corrected chi connectivity index (χ0v) is 17.4. The Kier molecular flexibility index (Phi) is 6.63. The maximum Gasteiger partial charge on any atom is 0.306 e. The van der Waals surface area contributed by atoms with Gasteiger partial charge in [-0.1, -0.05) is 22.0 Å². The van der Waals surface area contributed by atoms with Crippen molar-refractivity contribution in [1.82, 2.24) is 4.90 Å². The number of alkyl halides is 1. The molecule has 0 bridgehead atoms. The molecule has 0 unspecified atom stereocenters. The fraction of sp³-hybridized carbons (Fsp3) is 0.600. The number of carbonyl (C=O) groups excluding carboxylic acids is 2. The lowest BCUT2D eigenvalue weighted by atomic mass is 9.88. The van der Waals surface area contributed by atoms with Gasteiger partial charge >= 0.3 is 5.97 Å². The minimum Gasteiger partial charge on any atom is -0.493 e. The first kappa shape index (κ1) is 20.0. The molecule has 2 saturated heterocycles. The highest BCUT2D eigenvalue weighted by Gasteiger charge is 2.45. The Bertz CT molecular complexity index is 695. The Labute approximate surface area is 168 Å². The fourth-order valence-corrected chi connectivity index (χ4v) is 4.47. The van der Waals surface area contributed by atoms with Crippen molar-refractivity contribution in [2.75, 3.05) is 19.5 Å². The standard InChI is InChI=1S/C20H26BrNO5/c1-25-17-7-5-13(10-18(17)26-2)12-22-15(6-8-19(22)23)14-11-20(24)27-16(14)4-3-9-21/h5,7,10,14-16H,3-4,6,8-9,11-12H2,1-2H3/t14-,15+,16-/m1/s1. The molecular weight excluding hydrogens is 414 g/mol. The molecule has 148 valence electrons. The summed E-state index contributed by atoms with van der Waals surface area (Å²) < 4.78 is 16.2. The summed E-state index contributed by atoms with van der Waals surface area (Å²) in [6.45, 7) is 0.500. The van der Waals surface area contributed by atoms with Crippen LogP contribution in [0, 0.1) is 5.92 Å². The Morgan fingerprint density at radius 2 is 2.00 bits per heavy atom. The fourth-order valence-electron chi connectivity index (χ4n) is 4.15. The number of halogens is 1. The van der Waals surface area contributed by atoms with E-state index in [0.717, 1.165) is 30.2 Å². The maximum atomic E-state index is 12.6. The van der Waals surface area contributed by atoms with Crippen molar-refractivity contribution in [3.8, 4) is 11.5 Å². The van der Waals surface area contributed by atoms with Gasteiger partial charge in [-0.05, 0) is 37.0 Å². The molecule has 2 aliphatic heterocycles. The summed E-state index contributed by atoms with van der Waals surface area (Å²) in [7, 11) is 3.20. The number of nitrogens with zero attached hydrogens (tertiary/aromatic N) is 1. The first-order valence-electron chi connectivity index (χ1n) is 9.33. The van der Waals surface area contributed by atoms with Crippen LogP contribution < -0.4 is 9.47 Å². The number of hydrogen-bond acceptors (Lipinski definition) is 5. The van der Waals surface area contributed by atoms with E-state index in [1.54, 1.807) is 14.2 Å². The summed E-state index contributed by atoms with van der Waals surface area (Å²) in [5, 5.41) is 0.882. The molecule has 3 atom stereocenters. The van der Waals surface area contributed by atoms with Crippen LogP contribution in [0.1, 0.15) is 37.7 Å². The van der Waals surface area contributed by atoms with Gasteiger partial charge < -0.3 is 19.1 Å². The highest BCUT2D eigenvalue weighted by atomic mass is 79.9. The second-order valence-electron chi connectivity index (χ2n) is 7.04. The molecular formula is C20H26BrNO5. The van der Waals surface area contributed by atoms with E-state index in [-0.39, 0.29) is 29.9 Å². The molecule has 0 aliphatic carbocycles. The van der Waals surface area contributed by atoms with Crippen LogP contribution in [0.15, 0.2) is 18.2 Å². The lowest BCUT2D eigenvalue weighted by Crippen LogP contribution is -2.40. The number of rotatable bonds is 8. The molecule has 3 rings (SSSR count). The van der Waals surface area contributed by atoms with Crippen molar-refractivity contribution < 1.29 is 23.8 Å². The van der Waals surface area contributed by atoms with Gasteiger partial charge in [-0.2, -0.15) is 0 Å². The van der Waals surface area contributed by atoms with Crippen molar-refractivity contribution in [2.24, 2.45) is 5.92 Å². The third-order valence-electron chi connectivity index (χ3n) is 5.45. The third kappa shape index (κ3) is 4.39. The second kappa shape index (κ2) is 8.95. The molecule has 2 fully saturated rings. The third-order valence-corrected chi connectivity index (χ3v) is 6.02. The Morgan fingerprint density at radius 3 is 2.70 bits per heavy atom. The van der Waals surface area contributed by atoms with Gasteiger partial charge in [-0.3, -0.25) is 9.59 Å². The van der Waals surface area contributed by atoms with Crippen LogP contribution in [0.3, 0.4) is 0 Å². The van der Waals surface area contributed by atoms with Crippen LogP contribution in [0.25, 0.3) is 0 Å². The van der Waals surface area contributed by atoms with Crippen molar-refractivity contribution >= 4 is 27.8 Å². The number of benzene rings is 1. The Hall–Kier alpha value is -1.76. The number of ether oxygens (including phenoxy) is 3. The van der Waals surface area contributed by atoms with Crippen molar-refractivity contribution in [2.45, 2.75) is 50.8 Å². The van der Waals surface area contributed by atoms with Gasteiger partial charge in [-0.15, -0.1) is 0 Å². The van der Waals surface area contributed by atoms with Crippen LogP contribution in [0.2, 0.25) is 0 Å². The van der Waals surface area contributed by atoms with Crippen LogP contribution in [0.5, 0.6) is 11.5 Å². The highest BCUT2D eigenvalue weighted by molar-refractivity contribution is 9.09. The van der Waals surface area contributed by atoms with Gasteiger partial charge in [0.1, 0.15) is 6.10 Å². The summed E-state index contributed by atoms with van der Waals surface area (Å²) in [5.41, 5.74) is 0.982. The largest absolute Gasteiger partial charge is 0.493 e. The second-order valence-corrected chi connectivity index (χ2v) is 7.84. The topological polar surface area (TPSA) is 65.1 Å². The summed E-state index contributed by atoms with van der Waals surface area (Å²) in [6, 6.07) is 5.74. The van der Waals surface area contributed by atoms with E-state index in [1.807, 2.05) is 23.1 Å². The molecule has 0 spiro atoms. The smallest absolute Gasteiger partial charge is 0.306 e. The Balaban J connectivity index is 1.77. The van der Waals surface area contributed by atoms with Crippen LogP contribution in [-0.2, 0) is 20.9 Å². The van der Waals surface area contributed by atoms with E-state index in [2.05, 4.69) is 15.9 Å². The van der Waals surface area contributed by atoms with Crippen molar-refractivity contribution in [3.63, 3.8) is 0 Å². The predicted octanol–water partition coefficient (Wildman–Crippen LogP) is 3.30. The summed E-state index contributed by atoms with van der Waals surface area (Å²) in [4.78, 5) is 26.4. The zero-order chi connectivity index (χ0) is 19.4. The molecule has 2 heterocycles. The summed E-state index contributed by atoms with van der Waals surface area (Å²) in [5.74, 6) is 1.37. The van der Waals surface area contributed by atoms with Crippen LogP contribution in [0.4, 0.5) is 0 Å². The lowest BCUT2D eigenvalue weighted by Gasteiger charge is -2.31. The highest BCUT2D eigenvalue weighted by Crippen LogP contribution is 2.38. The van der Waals surface area contributed by atoms with Gasteiger partial charge in [0.25, 0.3) is 0 Å². The maximum absolute atomic E-state index is 12.6. The zero-order valence-electron chi connectivity index (χ0n) is 15.8. The van der Waals surface area contributed by atoms with E-state index in [0.29, 0.717) is 30.9 Å².